The SMILES string of the molecule is CC1CN(C2(C)CCN(C(=O)OC(C)(C)C)CC2)CCN1. The molecular weight excluding hydrogens is 266 g/mol. The van der Waals surface area contributed by atoms with Gasteiger partial charge in [0.2, 0.25) is 0 Å². The lowest BCUT2D eigenvalue weighted by Crippen LogP contribution is -2.61. The molecule has 0 aromatic carbocycles. The molecule has 2 aliphatic heterocycles. The van der Waals surface area contributed by atoms with Crippen LogP contribution >= 0.6 is 0 Å². The summed E-state index contributed by atoms with van der Waals surface area (Å²) in [7, 11) is 0. The van der Waals surface area contributed by atoms with Crippen LogP contribution in [0.4, 0.5) is 4.79 Å². The van der Waals surface area contributed by atoms with Gasteiger partial charge in [-0.3, -0.25) is 4.90 Å². The highest BCUT2D eigenvalue weighted by atomic mass is 16.6. The fourth-order valence-corrected chi connectivity index (χ4v) is 3.24. The minimum Gasteiger partial charge on any atom is -0.444 e. The second-order valence-corrected chi connectivity index (χ2v) is 7.77. The molecule has 0 spiro atoms. The second kappa shape index (κ2) is 6.13. The zero-order chi connectivity index (χ0) is 15.7. The van der Waals surface area contributed by atoms with E-state index in [1.54, 1.807) is 0 Å². The van der Waals surface area contributed by atoms with Crippen LogP contribution in [-0.2, 0) is 4.74 Å². The van der Waals surface area contributed by atoms with Crippen molar-refractivity contribution in [3.63, 3.8) is 0 Å². The normalized spacial score (nSPS) is 27.5. The minimum atomic E-state index is -0.411. The van der Waals surface area contributed by atoms with Crippen molar-refractivity contribution in [1.29, 1.82) is 0 Å². The Morgan fingerprint density at radius 3 is 2.38 bits per heavy atom. The lowest BCUT2D eigenvalue weighted by atomic mass is 9.87. The first-order valence-electron chi connectivity index (χ1n) is 8.16. The third kappa shape index (κ3) is 4.33. The van der Waals surface area contributed by atoms with E-state index in [4.69, 9.17) is 4.74 Å². The molecule has 5 heteroatoms. The van der Waals surface area contributed by atoms with E-state index >= 15 is 0 Å². The van der Waals surface area contributed by atoms with Crippen molar-refractivity contribution < 1.29 is 9.53 Å². The molecule has 2 heterocycles. The zero-order valence-electron chi connectivity index (χ0n) is 14.2. The number of ether oxygens (including phenoxy) is 1. The van der Waals surface area contributed by atoms with Gasteiger partial charge >= 0.3 is 6.09 Å². The van der Waals surface area contributed by atoms with Crippen molar-refractivity contribution in [1.82, 2.24) is 15.1 Å². The molecule has 0 radical (unpaired) electrons. The monoisotopic (exact) mass is 297 g/mol. The molecule has 0 aliphatic carbocycles. The van der Waals surface area contributed by atoms with Crippen molar-refractivity contribution in [2.75, 3.05) is 32.7 Å². The van der Waals surface area contributed by atoms with E-state index < -0.39 is 5.60 Å². The molecule has 1 N–H and O–H groups in total. The van der Waals surface area contributed by atoms with Crippen LogP contribution in [0.2, 0.25) is 0 Å². The van der Waals surface area contributed by atoms with Crippen molar-refractivity contribution in [3.8, 4) is 0 Å². The molecule has 21 heavy (non-hydrogen) atoms. The molecule has 0 aromatic heterocycles. The molecule has 0 aromatic rings. The molecule has 1 unspecified atom stereocenters. The van der Waals surface area contributed by atoms with Gasteiger partial charge in [0.15, 0.2) is 0 Å². The van der Waals surface area contributed by atoms with Gasteiger partial charge in [-0.2, -0.15) is 0 Å². The summed E-state index contributed by atoms with van der Waals surface area (Å²) in [5.41, 5.74) is -0.194. The molecule has 0 saturated carbocycles. The molecule has 0 bridgehead atoms. The Morgan fingerprint density at radius 2 is 1.86 bits per heavy atom. The highest BCUT2D eigenvalue weighted by molar-refractivity contribution is 5.68. The smallest absolute Gasteiger partial charge is 0.410 e. The summed E-state index contributed by atoms with van der Waals surface area (Å²) in [5, 5.41) is 3.49. The van der Waals surface area contributed by atoms with E-state index in [1.165, 1.54) is 0 Å². The topological polar surface area (TPSA) is 44.8 Å². The summed E-state index contributed by atoms with van der Waals surface area (Å²) in [6.45, 7) is 15.2. The van der Waals surface area contributed by atoms with Crippen LogP contribution in [0.15, 0.2) is 0 Å². The van der Waals surface area contributed by atoms with Crippen LogP contribution in [0, 0.1) is 0 Å². The Hall–Kier alpha value is -0.810. The van der Waals surface area contributed by atoms with Crippen LogP contribution < -0.4 is 5.32 Å². The van der Waals surface area contributed by atoms with Gasteiger partial charge in [0, 0.05) is 44.3 Å². The number of piperidine rings is 1. The molecule has 1 atom stereocenters. The van der Waals surface area contributed by atoms with Gasteiger partial charge in [-0.1, -0.05) is 0 Å². The first kappa shape index (κ1) is 16.6. The third-order valence-corrected chi connectivity index (χ3v) is 4.62. The van der Waals surface area contributed by atoms with E-state index in [2.05, 4.69) is 24.1 Å². The molecule has 1 amide bonds. The summed E-state index contributed by atoms with van der Waals surface area (Å²) in [6.07, 6.45) is 1.89. The maximum absolute atomic E-state index is 12.1. The third-order valence-electron chi connectivity index (χ3n) is 4.62. The van der Waals surface area contributed by atoms with Crippen molar-refractivity contribution >= 4 is 6.09 Å². The highest BCUT2D eigenvalue weighted by Crippen LogP contribution is 2.30. The Labute approximate surface area is 129 Å². The van der Waals surface area contributed by atoms with Crippen molar-refractivity contribution in [3.05, 3.63) is 0 Å². The number of likely N-dealkylation sites (tertiary alicyclic amines) is 1. The fraction of sp³-hybridized carbons (Fsp3) is 0.938. The first-order chi connectivity index (χ1) is 9.70. The number of nitrogens with zero attached hydrogens (tertiary/aromatic N) is 2. The van der Waals surface area contributed by atoms with Gasteiger partial charge in [0.1, 0.15) is 5.60 Å². The predicted octanol–water partition coefficient (Wildman–Crippen LogP) is 2.07. The van der Waals surface area contributed by atoms with Crippen LogP contribution in [0.25, 0.3) is 0 Å². The summed E-state index contributed by atoms with van der Waals surface area (Å²) >= 11 is 0. The number of hydrogen-bond donors (Lipinski definition) is 1. The molecule has 2 saturated heterocycles. The van der Waals surface area contributed by atoms with Gasteiger partial charge in [-0.05, 0) is 47.5 Å². The minimum absolute atomic E-state index is 0.168. The summed E-state index contributed by atoms with van der Waals surface area (Å²) < 4.78 is 5.47. The summed E-state index contributed by atoms with van der Waals surface area (Å²) in [6, 6.07) is 0.555. The largest absolute Gasteiger partial charge is 0.444 e. The van der Waals surface area contributed by atoms with E-state index in [9.17, 15) is 4.79 Å². The van der Waals surface area contributed by atoms with Crippen molar-refractivity contribution in [2.45, 2.75) is 64.6 Å². The lowest BCUT2D eigenvalue weighted by Gasteiger charge is -2.49. The zero-order valence-corrected chi connectivity index (χ0v) is 14.2. The molecular formula is C16H31N3O2. The number of carbonyl (C=O) groups is 1. The van der Waals surface area contributed by atoms with E-state index in [0.717, 1.165) is 45.6 Å². The molecule has 2 fully saturated rings. The van der Waals surface area contributed by atoms with E-state index in [-0.39, 0.29) is 11.6 Å². The van der Waals surface area contributed by atoms with Gasteiger partial charge in [0.05, 0.1) is 0 Å². The van der Waals surface area contributed by atoms with Crippen LogP contribution in [0.1, 0.15) is 47.5 Å². The predicted molar refractivity (Wildman–Crippen MR) is 84.5 cm³/mol. The highest BCUT2D eigenvalue weighted by Gasteiger charge is 2.38. The van der Waals surface area contributed by atoms with Gasteiger partial charge < -0.3 is 15.0 Å². The lowest BCUT2D eigenvalue weighted by molar-refractivity contribution is -0.00816. The Bertz CT molecular complexity index is 370. The number of amides is 1. The summed E-state index contributed by atoms with van der Waals surface area (Å²) in [5.74, 6) is 0. The number of nitrogens with one attached hydrogen (secondary N) is 1. The quantitative estimate of drug-likeness (QED) is 0.805. The maximum atomic E-state index is 12.1. The maximum Gasteiger partial charge on any atom is 0.410 e. The average Bonchev–Trinajstić information content (AvgIpc) is 2.37. The van der Waals surface area contributed by atoms with Gasteiger partial charge in [-0.15, -0.1) is 0 Å². The second-order valence-electron chi connectivity index (χ2n) is 7.77. The van der Waals surface area contributed by atoms with Gasteiger partial charge in [-0.25, -0.2) is 4.79 Å². The number of hydrogen-bond acceptors (Lipinski definition) is 4. The summed E-state index contributed by atoms with van der Waals surface area (Å²) in [4.78, 5) is 16.6. The number of carbonyl (C=O) groups excluding carboxylic acids is 1. The van der Waals surface area contributed by atoms with E-state index in [1.807, 2.05) is 25.7 Å². The fourth-order valence-electron chi connectivity index (χ4n) is 3.24. The Kier molecular flexibility index (Phi) is 4.83. The molecule has 5 nitrogen and oxygen atoms in total. The molecule has 122 valence electrons. The van der Waals surface area contributed by atoms with Gasteiger partial charge in [0.25, 0.3) is 0 Å². The average molecular weight is 297 g/mol. The Morgan fingerprint density at radius 1 is 1.24 bits per heavy atom. The van der Waals surface area contributed by atoms with E-state index in [0.29, 0.717) is 6.04 Å². The number of rotatable bonds is 1. The first-order valence-corrected chi connectivity index (χ1v) is 8.16. The van der Waals surface area contributed by atoms with Crippen LogP contribution in [0.3, 0.4) is 0 Å². The standard InChI is InChI=1S/C16H31N3O2/c1-13-12-19(11-8-17-13)16(5)6-9-18(10-7-16)14(20)21-15(2,3)4/h13,17H,6-12H2,1-5H3. The molecule has 2 rings (SSSR count). The van der Waals surface area contributed by atoms with Crippen LogP contribution in [-0.4, -0.2) is 65.8 Å². The van der Waals surface area contributed by atoms with Crippen LogP contribution in [0.5, 0.6) is 0 Å². The Balaban J connectivity index is 1.88. The number of piperazine rings is 1. The van der Waals surface area contributed by atoms with Crippen molar-refractivity contribution in [2.24, 2.45) is 0 Å². The molecule has 2 aliphatic rings.